The van der Waals surface area contributed by atoms with E-state index in [0.717, 1.165) is 23.5 Å². The van der Waals surface area contributed by atoms with Gasteiger partial charge in [0.15, 0.2) is 0 Å². The van der Waals surface area contributed by atoms with Crippen molar-refractivity contribution in [2.45, 2.75) is 28.3 Å². The molecule has 3 aromatic rings. The third kappa shape index (κ3) is 4.10. The third-order valence-corrected chi connectivity index (χ3v) is 8.32. The molecule has 1 aliphatic rings. The van der Waals surface area contributed by atoms with E-state index in [1.54, 1.807) is 30.3 Å². The van der Waals surface area contributed by atoms with Crippen molar-refractivity contribution in [3.05, 3.63) is 77.9 Å². The number of hydrogen-bond donors (Lipinski definition) is 2. The number of benzene rings is 2. The maximum absolute atomic E-state index is 13.0. The zero-order valence-electron chi connectivity index (χ0n) is 15.8. The molecule has 1 aliphatic carbocycles. The highest BCUT2D eigenvalue weighted by Crippen LogP contribution is 2.52. The van der Waals surface area contributed by atoms with Crippen LogP contribution in [0.4, 0.5) is 13.2 Å². The van der Waals surface area contributed by atoms with Crippen LogP contribution >= 0.6 is 11.3 Å². The molecular weight excluding hydrogens is 451 g/mol. The molecule has 1 aromatic heterocycles. The highest BCUT2D eigenvalue weighted by Gasteiger charge is 2.63. The van der Waals surface area contributed by atoms with Crippen molar-refractivity contribution in [1.29, 1.82) is 0 Å². The van der Waals surface area contributed by atoms with Gasteiger partial charge in [0.05, 0.1) is 5.56 Å². The van der Waals surface area contributed by atoms with E-state index in [0.29, 0.717) is 10.4 Å². The number of nitrogens with one attached hydrogen (secondary N) is 1. The summed E-state index contributed by atoms with van der Waals surface area (Å²) in [6.07, 6.45) is -4.41. The van der Waals surface area contributed by atoms with E-state index < -0.39 is 39.2 Å². The Labute approximate surface area is 180 Å². The maximum atomic E-state index is 13.0. The number of carbonyl (C=O) groups is 1. The Hall–Kier alpha value is -2.69. The Morgan fingerprint density at radius 1 is 1.06 bits per heavy atom. The summed E-state index contributed by atoms with van der Waals surface area (Å²) in [5, 5.41) is 9.71. The second-order valence-electron chi connectivity index (χ2n) is 7.25. The molecule has 5 nitrogen and oxygen atoms in total. The average Bonchev–Trinajstić information content (AvgIpc) is 3.21. The number of carboxylic acids is 1. The minimum Gasteiger partial charge on any atom is -0.480 e. The lowest BCUT2D eigenvalue weighted by Gasteiger charge is -2.14. The van der Waals surface area contributed by atoms with E-state index >= 15 is 0 Å². The van der Waals surface area contributed by atoms with Crippen LogP contribution in [0.15, 0.2) is 70.9 Å². The molecule has 4 rings (SSSR count). The van der Waals surface area contributed by atoms with Crippen LogP contribution in [0, 0.1) is 0 Å². The average molecular weight is 467 g/mol. The van der Waals surface area contributed by atoms with Gasteiger partial charge in [-0.2, -0.15) is 17.9 Å². The Kier molecular flexibility index (Phi) is 5.19. The van der Waals surface area contributed by atoms with Crippen molar-refractivity contribution in [2.24, 2.45) is 0 Å². The SMILES string of the molecule is O=C(O)[C@]1(NS(=O)(=O)c2ccc(-c3cccc(C(F)(F)F)c3)s2)C[C@@H]1c1ccccc1. The first kappa shape index (κ1) is 21.5. The van der Waals surface area contributed by atoms with E-state index in [4.69, 9.17) is 0 Å². The maximum Gasteiger partial charge on any atom is 0.416 e. The van der Waals surface area contributed by atoms with E-state index in [2.05, 4.69) is 4.72 Å². The minimum absolute atomic E-state index is 0.109. The van der Waals surface area contributed by atoms with Crippen LogP contribution < -0.4 is 4.72 Å². The van der Waals surface area contributed by atoms with Crippen LogP contribution in [-0.2, 0) is 21.0 Å². The molecule has 0 unspecified atom stereocenters. The summed E-state index contributed by atoms with van der Waals surface area (Å²) in [6.45, 7) is 0. The molecule has 0 amide bonds. The number of halogens is 3. The van der Waals surface area contributed by atoms with Gasteiger partial charge in [-0.15, -0.1) is 11.3 Å². The van der Waals surface area contributed by atoms with E-state index in [1.807, 2.05) is 0 Å². The topological polar surface area (TPSA) is 83.5 Å². The predicted molar refractivity (Wildman–Crippen MR) is 109 cm³/mol. The van der Waals surface area contributed by atoms with E-state index in [1.165, 1.54) is 24.3 Å². The van der Waals surface area contributed by atoms with Gasteiger partial charge >= 0.3 is 12.1 Å². The second kappa shape index (κ2) is 7.47. The highest BCUT2D eigenvalue weighted by molar-refractivity contribution is 7.91. The number of rotatable bonds is 6. The minimum atomic E-state index is -4.52. The summed E-state index contributed by atoms with van der Waals surface area (Å²) in [7, 11) is -4.20. The van der Waals surface area contributed by atoms with Crippen LogP contribution in [0.25, 0.3) is 10.4 Å². The van der Waals surface area contributed by atoms with Gasteiger partial charge < -0.3 is 5.11 Å². The standard InChI is InChI=1S/C21H16F3NO4S2/c22-21(23,24)15-8-4-7-14(11-15)17-9-10-18(30-17)31(28,29)25-20(19(26)27)12-16(20)13-5-2-1-3-6-13/h1-11,16,25H,12H2,(H,26,27)/t16-,20+/m1/s1. The smallest absolute Gasteiger partial charge is 0.416 e. The Bertz CT molecular complexity index is 1240. The van der Waals surface area contributed by atoms with Crippen molar-refractivity contribution in [3.63, 3.8) is 0 Å². The molecule has 10 heteroatoms. The number of alkyl halides is 3. The number of thiophene rings is 1. The Morgan fingerprint density at radius 3 is 2.42 bits per heavy atom. The molecule has 0 bridgehead atoms. The molecule has 2 N–H and O–H groups in total. The van der Waals surface area contributed by atoms with Gasteiger partial charge in [-0.3, -0.25) is 4.79 Å². The number of hydrogen-bond acceptors (Lipinski definition) is 4. The van der Waals surface area contributed by atoms with E-state index in [9.17, 15) is 31.5 Å². The van der Waals surface area contributed by atoms with Gasteiger partial charge in [-0.05, 0) is 41.8 Å². The summed E-state index contributed by atoms with van der Waals surface area (Å²) < 4.78 is 66.8. The molecule has 1 saturated carbocycles. The molecule has 0 spiro atoms. The summed E-state index contributed by atoms with van der Waals surface area (Å²) in [5.41, 5.74) is -1.55. The lowest BCUT2D eigenvalue weighted by molar-refractivity contribution is -0.140. The summed E-state index contributed by atoms with van der Waals surface area (Å²) in [4.78, 5) is 12.2. The van der Waals surface area contributed by atoms with Crippen LogP contribution in [0.1, 0.15) is 23.5 Å². The molecule has 0 saturated heterocycles. The van der Waals surface area contributed by atoms with Crippen molar-refractivity contribution in [2.75, 3.05) is 0 Å². The largest absolute Gasteiger partial charge is 0.480 e. The molecule has 162 valence electrons. The summed E-state index contributed by atoms with van der Waals surface area (Å²) in [5.74, 6) is -1.79. The van der Waals surface area contributed by atoms with Crippen LogP contribution in [0.2, 0.25) is 0 Å². The van der Waals surface area contributed by atoms with Gasteiger partial charge in [0.2, 0.25) is 0 Å². The van der Waals surface area contributed by atoms with Crippen LogP contribution in [0.3, 0.4) is 0 Å². The summed E-state index contributed by atoms with van der Waals surface area (Å²) >= 11 is 0.779. The second-order valence-corrected chi connectivity index (χ2v) is 10.2. The lowest BCUT2D eigenvalue weighted by atomic mass is 10.1. The highest BCUT2D eigenvalue weighted by atomic mass is 32.2. The van der Waals surface area contributed by atoms with E-state index in [-0.39, 0.29) is 16.2 Å². The molecule has 0 aliphatic heterocycles. The molecule has 1 heterocycles. The first-order valence-electron chi connectivity index (χ1n) is 9.13. The quantitative estimate of drug-likeness (QED) is 0.549. The van der Waals surface area contributed by atoms with Crippen molar-refractivity contribution >= 4 is 27.3 Å². The normalized spacial score (nSPS) is 21.1. The Balaban J connectivity index is 1.61. The van der Waals surface area contributed by atoms with Crippen molar-refractivity contribution in [3.8, 4) is 10.4 Å². The fraction of sp³-hybridized carbons (Fsp3) is 0.190. The summed E-state index contributed by atoms with van der Waals surface area (Å²) in [6, 6.07) is 16.0. The molecule has 0 radical (unpaired) electrons. The zero-order valence-corrected chi connectivity index (χ0v) is 17.4. The number of sulfonamides is 1. The van der Waals surface area contributed by atoms with Crippen LogP contribution in [0.5, 0.6) is 0 Å². The van der Waals surface area contributed by atoms with Gasteiger partial charge in [-0.1, -0.05) is 42.5 Å². The molecule has 1 fully saturated rings. The molecule has 31 heavy (non-hydrogen) atoms. The third-order valence-electron chi connectivity index (χ3n) is 5.18. The molecule has 2 atom stereocenters. The number of aliphatic carboxylic acids is 1. The molecule has 2 aromatic carbocycles. The monoisotopic (exact) mass is 467 g/mol. The fourth-order valence-electron chi connectivity index (χ4n) is 3.50. The van der Waals surface area contributed by atoms with Crippen molar-refractivity contribution < 1.29 is 31.5 Å². The number of carboxylic acid groups (broad SMARTS) is 1. The molecular formula is C21H16F3NO4S2. The van der Waals surface area contributed by atoms with Gasteiger partial charge in [0.1, 0.15) is 9.75 Å². The lowest BCUT2D eigenvalue weighted by Crippen LogP contribution is -2.44. The van der Waals surface area contributed by atoms with Gasteiger partial charge in [-0.25, -0.2) is 8.42 Å². The van der Waals surface area contributed by atoms with Gasteiger partial charge in [0.25, 0.3) is 10.0 Å². The zero-order chi connectivity index (χ0) is 22.4. The fourth-order valence-corrected chi connectivity index (χ4v) is 6.21. The predicted octanol–water partition coefficient (Wildman–Crippen LogP) is 4.72. The van der Waals surface area contributed by atoms with Crippen molar-refractivity contribution in [1.82, 2.24) is 4.72 Å². The first-order valence-corrected chi connectivity index (χ1v) is 11.4. The van der Waals surface area contributed by atoms with Gasteiger partial charge in [0, 0.05) is 10.8 Å². The first-order chi connectivity index (χ1) is 14.5. The Morgan fingerprint density at radius 2 is 1.77 bits per heavy atom. The van der Waals surface area contributed by atoms with Crippen LogP contribution in [-0.4, -0.2) is 25.0 Å².